The van der Waals surface area contributed by atoms with E-state index in [9.17, 15) is 8.42 Å². The van der Waals surface area contributed by atoms with Crippen LogP contribution in [0.3, 0.4) is 0 Å². The van der Waals surface area contributed by atoms with Gasteiger partial charge in [-0.15, -0.1) is 0 Å². The molecule has 0 bridgehead atoms. The van der Waals surface area contributed by atoms with Crippen LogP contribution in [0.1, 0.15) is 5.56 Å². The van der Waals surface area contributed by atoms with Crippen LogP contribution in [0, 0.1) is 13.5 Å². The molecular formula is C9H9NO3S. The lowest BCUT2D eigenvalue weighted by atomic mass is 10.2. The van der Waals surface area contributed by atoms with Crippen LogP contribution in [-0.4, -0.2) is 19.1 Å². The molecule has 0 aliphatic rings. The van der Waals surface area contributed by atoms with Crippen molar-refractivity contribution in [3.05, 3.63) is 41.2 Å². The molecule has 14 heavy (non-hydrogen) atoms. The third-order valence-electron chi connectivity index (χ3n) is 1.74. The molecule has 5 heteroatoms. The Hall–Kier alpha value is -1.38. The fourth-order valence-electron chi connectivity index (χ4n) is 0.919. The van der Waals surface area contributed by atoms with Crippen molar-refractivity contribution < 1.29 is 13.5 Å². The first-order chi connectivity index (χ1) is 6.48. The van der Waals surface area contributed by atoms with E-state index in [1.165, 1.54) is 12.1 Å². The molecule has 0 aliphatic carbocycles. The molecule has 1 aromatic carbocycles. The van der Waals surface area contributed by atoms with Crippen molar-refractivity contribution in [1.29, 1.82) is 0 Å². The van der Waals surface area contributed by atoms with E-state index in [1.54, 1.807) is 12.1 Å². The second-order valence-corrected chi connectivity index (χ2v) is 4.80. The Bertz CT molecular complexity index is 456. The van der Waals surface area contributed by atoms with E-state index in [-0.39, 0.29) is 4.90 Å². The molecule has 74 valence electrons. The van der Waals surface area contributed by atoms with Crippen molar-refractivity contribution in [3.8, 4) is 0 Å². The molecule has 0 aromatic heterocycles. The summed E-state index contributed by atoms with van der Waals surface area (Å²) in [6.45, 7) is 8.27. The zero-order chi connectivity index (χ0) is 10.8. The fourth-order valence-corrected chi connectivity index (χ4v) is 1.82. The second kappa shape index (κ2) is 3.78. The van der Waals surface area contributed by atoms with Crippen LogP contribution in [0.4, 0.5) is 0 Å². The molecule has 1 aromatic rings. The van der Waals surface area contributed by atoms with E-state index in [0.29, 0.717) is 0 Å². The summed E-state index contributed by atoms with van der Waals surface area (Å²) in [6.07, 6.45) is 0. The zero-order valence-corrected chi connectivity index (χ0v) is 8.32. The predicted octanol–water partition coefficient (Wildman–Crippen LogP) is 0.964. The largest absolute Gasteiger partial charge is 0.431 e. The molecule has 1 rings (SSSR count). The van der Waals surface area contributed by atoms with Gasteiger partial charge in [0.25, 0.3) is 9.84 Å². The van der Waals surface area contributed by atoms with Gasteiger partial charge in [-0.1, -0.05) is 17.7 Å². The lowest BCUT2D eigenvalue weighted by Crippen LogP contribution is -2.16. The van der Waals surface area contributed by atoms with Crippen LogP contribution < -0.4 is 0 Å². The van der Waals surface area contributed by atoms with Gasteiger partial charge < -0.3 is 5.11 Å². The first-order valence-corrected chi connectivity index (χ1v) is 5.38. The molecular weight excluding hydrogens is 202 g/mol. The van der Waals surface area contributed by atoms with Crippen molar-refractivity contribution >= 4 is 9.84 Å². The van der Waals surface area contributed by atoms with Crippen molar-refractivity contribution in [1.82, 2.24) is 0 Å². The Labute approximate surface area is 82.5 Å². The third-order valence-corrected chi connectivity index (χ3v) is 3.33. The maximum Gasteiger partial charge on any atom is 0.431 e. The van der Waals surface area contributed by atoms with Crippen LogP contribution in [0.2, 0.25) is 0 Å². The van der Waals surface area contributed by atoms with E-state index in [2.05, 4.69) is 4.85 Å². The summed E-state index contributed by atoms with van der Waals surface area (Å²) in [5.74, 6) is 0. The smallest absolute Gasteiger partial charge is 0.313 e. The minimum atomic E-state index is -3.90. The van der Waals surface area contributed by atoms with Crippen LogP contribution in [-0.2, 0) is 9.84 Å². The van der Waals surface area contributed by atoms with E-state index in [0.717, 1.165) is 5.56 Å². The third kappa shape index (κ3) is 1.92. The van der Waals surface area contributed by atoms with Gasteiger partial charge in [0.05, 0.1) is 4.90 Å². The van der Waals surface area contributed by atoms with Crippen LogP contribution in [0.15, 0.2) is 29.2 Å². The Kier molecular flexibility index (Phi) is 2.89. The number of sulfone groups is 1. The lowest BCUT2D eigenvalue weighted by Gasteiger charge is -2.01. The standard InChI is InChI=1S/C9H9NO3S/c1-7-3-5-8(6-4-7)14(12,13)9(11)10-2/h3-6,9,11H,1H3. The number of aliphatic hydroxyl groups excluding tert-OH is 1. The summed E-state index contributed by atoms with van der Waals surface area (Å²) in [7, 11) is -3.90. The van der Waals surface area contributed by atoms with Gasteiger partial charge >= 0.3 is 5.56 Å². The molecule has 0 aliphatic heterocycles. The average Bonchev–Trinajstić information content (AvgIpc) is 2.17. The lowest BCUT2D eigenvalue weighted by molar-refractivity contribution is 0.292. The number of benzene rings is 1. The molecule has 4 nitrogen and oxygen atoms in total. The topological polar surface area (TPSA) is 58.7 Å². The van der Waals surface area contributed by atoms with Gasteiger partial charge in [-0.25, -0.2) is 15.0 Å². The van der Waals surface area contributed by atoms with Crippen LogP contribution in [0.5, 0.6) is 0 Å². The predicted molar refractivity (Wildman–Crippen MR) is 51.0 cm³/mol. The summed E-state index contributed by atoms with van der Waals surface area (Å²) in [5, 5.41) is 8.97. The highest BCUT2D eigenvalue weighted by atomic mass is 32.2. The van der Waals surface area contributed by atoms with E-state index >= 15 is 0 Å². The molecule has 0 saturated carbocycles. The maximum absolute atomic E-state index is 11.4. The number of nitrogens with zero attached hydrogens (tertiary/aromatic N) is 1. The van der Waals surface area contributed by atoms with Crippen molar-refractivity contribution in [2.75, 3.05) is 0 Å². The van der Waals surface area contributed by atoms with Gasteiger partial charge in [-0.3, -0.25) is 4.85 Å². The molecule has 0 radical (unpaired) electrons. The Balaban J connectivity index is 3.19. The molecule has 0 amide bonds. The highest BCUT2D eigenvalue weighted by Crippen LogP contribution is 2.15. The van der Waals surface area contributed by atoms with Gasteiger partial charge in [-0.05, 0) is 19.1 Å². The zero-order valence-electron chi connectivity index (χ0n) is 7.51. The molecule has 0 saturated heterocycles. The highest BCUT2D eigenvalue weighted by Gasteiger charge is 2.29. The molecule has 0 spiro atoms. The first kappa shape index (κ1) is 10.7. The highest BCUT2D eigenvalue weighted by molar-refractivity contribution is 7.92. The SMILES string of the molecule is [C-]#[N+]C(O)S(=O)(=O)c1ccc(C)cc1. The molecule has 0 heterocycles. The monoisotopic (exact) mass is 211 g/mol. The average molecular weight is 211 g/mol. The van der Waals surface area contributed by atoms with Gasteiger partial charge in [0.1, 0.15) is 0 Å². The number of hydrogen-bond donors (Lipinski definition) is 1. The maximum atomic E-state index is 11.4. The van der Waals surface area contributed by atoms with Gasteiger partial charge in [0.2, 0.25) is 0 Å². The number of hydrogen-bond acceptors (Lipinski definition) is 3. The minimum Gasteiger partial charge on any atom is -0.313 e. The van der Waals surface area contributed by atoms with Crippen molar-refractivity contribution in [2.24, 2.45) is 0 Å². The van der Waals surface area contributed by atoms with E-state index in [4.69, 9.17) is 11.7 Å². The number of aryl methyl sites for hydroxylation is 1. The summed E-state index contributed by atoms with van der Waals surface area (Å²) < 4.78 is 22.8. The van der Waals surface area contributed by atoms with E-state index in [1.807, 2.05) is 6.92 Å². The van der Waals surface area contributed by atoms with Gasteiger partial charge in [0, 0.05) is 0 Å². The van der Waals surface area contributed by atoms with Crippen LogP contribution >= 0.6 is 0 Å². The molecule has 0 fully saturated rings. The second-order valence-electron chi connectivity index (χ2n) is 2.81. The summed E-state index contributed by atoms with van der Waals surface area (Å²) in [4.78, 5) is 2.54. The van der Waals surface area contributed by atoms with E-state index < -0.39 is 15.4 Å². The fraction of sp³-hybridized carbons (Fsp3) is 0.222. The Morgan fingerprint density at radius 3 is 2.29 bits per heavy atom. The Morgan fingerprint density at radius 2 is 1.86 bits per heavy atom. The first-order valence-electron chi connectivity index (χ1n) is 3.83. The summed E-state index contributed by atoms with van der Waals surface area (Å²) >= 11 is 0. The van der Waals surface area contributed by atoms with Gasteiger partial charge in [-0.2, -0.15) is 0 Å². The van der Waals surface area contributed by atoms with Crippen molar-refractivity contribution in [3.63, 3.8) is 0 Å². The number of rotatable bonds is 2. The quantitative estimate of drug-likeness (QED) is 0.741. The molecule has 1 atom stereocenters. The van der Waals surface area contributed by atoms with Crippen LogP contribution in [0.25, 0.3) is 4.85 Å². The Morgan fingerprint density at radius 1 is 1.36 bits per heavy atom. The normalized spacial score (nSPS) is 13.2. The number of aliphatic hydroxyl groups is 1. The molecule has 1 N–H and O–H groups in total. The molecule has 1 unspecified atom stereocenters. The van der Waals surface area contributed by atoms with Crippen molar-refractivity contribution in [2.45, 2.75) is 17.4 Å². The summed E-state index contributed by atoms with van der Waals surface area (Å²) in [5.41, 5.74) is -1.09. The minimum absolute atomic E-state index is 0.0356. The van der Waals surface area contributed by atoms with Gasteiger partial charge in [0.15, 0.2) is 0 Å². The summed E-state index contributed by atoms with van der Waals surface area (Å²) in [6, 6.07) is 5.98.